The zero-order valence-electron chi connectivity index (χ0n) is 14.3. The fraction of sp³-hybridized carbons (Fsp3) is 0.526. The van der Waals surface area contributed by atoms with Crippen molar-refractivity contribution < 1.29 is 0 Å². The van der Waals surface area contributed by atoms with E-state index in [2.05, 4.69) is 34.0 Å². The molecule has 1 aromatic heterocycles. The van der Waals surface area contributed by atoms with Crippen molar-refractivity contribution in [2.45, 2.75) is 25.8 Å². The van der Waals surface area contributed by atoms with Crippen LogP contribution in [0, 0.1) is 5.92 Å². The molecule has 130 valence electrons. The number of benzene rings is 1. The van der Waals surface area contributed by atoms with Crippen LogP contribution in [-0.4, -0.2) is 48.0 Å². The van der Waals surface area contributed by atoms with Crippen molar-refractivity contribution >= 4 is 22.9 Å². The monoisotopic (exact) mass is 363 g/mol. The number of hydrogen-bond donors (Lipinski definition) is 0. The predicted molar refractivity (Wildman–Crippen MR) is 103 cm³/mol. The predicted octanol–water partition coefficient (Wildman–Crippen LogP) is 4.18. The van der Waals surface area contributed by atoms with E-state index < -0.39 is 0 Å². The summed E-state index contributed by atoms with van der Waals surface area (Å²) in [4.78, 5) is 10.6. The molecule has 1 saturated heterocycles. The van der Waals surface area contributed by atoms with Gasteiger partial charge in [-0.1, -0.05) is 23.7 Å². The number of hydrogen-bond acceptors (Lipinski definition) is 4. The number of likely N-dealkylation sites (tertiary alicyclic amines) is 1. The third-order valence-corrected chi connectivity index (χ3v) is 5.83. The Morgan fingerprint density at radius 1 is 1.25 bits per heavy atom. The lowest BCUT2D eigenvalue weighted by molar-refractivity contribution is 0.154. The van der Waals surface area contributed by atoms with Crippen molar-refractivity contribution in [3.05, 3.63) is 51.4 Å². The van der Waals surface area contributed by atoms with Crippen LogP contribution in [0.25, 0.3) is 0 Å². The van der Waals surface area contributed by atoms with Crippen molar-refractivity contribution in [2.24, 2.45) is 5.92 Å². The molecule has 1 aromatic carbocycles. The van der Waals surface area contributed by atoms with Gasteiger partial charge in [0, 0.05) is 35.7 Å². The molecule has 0 aliphatic carbocycles. The second kappa shape index (κ2) is 8.95. The highest BCUT2D eigenvalue weighted by atomic mass is 35.5. The summed E-state index contributed by atoms with van der Waals surface area (Å²) in [5.74, 6) is 0.828. The quantitative estimate of drug-likeness (QED) is 0.735. The molecule has 0 saturated carbocycles. The molecule has 0 amide bonds. The van der Waals surface area contributed by atoms with Crippen LogP contribution in [0.1, 0.15) is 23.3 Å². The molecule has 2 heterocycles. The first-order valence-corrected chi connectivity index (χ1v) is 9.97. The van der Waals surface area contributed by atoms with Crippen LogP contribution in [0.3, 0.4) is 0 Å². The number of piperidine rings is 1. The Morgan fingerprint density at radius 2 is 2.00 bits per heavy atom. The summed E-state index contributed by atoms with van der Waals surface area (Å²) >= 11 is 7.70. The highest BCUT2D eigenvalue weighted by molar-refractivity contribution is 7.09. The van der Waals surface area contributed by atoms with Gasteiger partial charge in [-0.3, -0.25) is 4.98 Å². The van der Waals surface area contributed by atoms with Gasteiger partial charge in [-0.15, -0.1) is 11.3 Å². The van der Waals surface area contributed by atoms with E-state index >= 15 is 0 Å². The molecule has 0 radical (unpaired) electrons. The molecule has 3 nitrogen and oxygen atoms in total. The minimum absolute atomic E-state index is 0.821. The molecule has 1 aliphatic rings. The second-order valence-electron chi connectivity index (χ2n) is 6.83. The maximum atomic E-state index is 5.95. The van der Waals surface area contributed by atoms with Gasteiger partial charge in [0.25, 0.3) is 0 Å². The summed E-state index contributed by atoms with van der Waals surface area (Å²) in [6, 6.07) is 8.26. The van der Waals surface area contributed by atoms with E-state index in [-0.39, 0.29) is 0 Å². The minimum atomic E-state index is 0.821. The van der Waals surface area contributed by atoms with Gasteiger partial charge in [-0.2, -0.15) is 0 Å². The molecule has 24 heavy (non-hydrogen) atoms. The largest absolute Gasteiger partial charge is 0.303 e. The van der Waals surface area contributed by atoms with Gasteiger partial charge in [0.1, 0.15) is 0 Å². The van der Waals surface area contributed by atoms with E-state index in [1.165, 1.54) is 42.9 Å². The van der Waals surface area contributed by atoms with Crippen molar-refractivity contribution in [1.82, 2.24) is 14.8 Å². The Balaban J connectivity index is 1.35. The van der Waals surface area contributed by atoms with Gasteiger partial charge in [0.05, 0.1) is 5.51 Å². The molecule has 0 unspecified atom stereocenters. The maximum Gasteiger partial charge on any atom is 0.0794 e. The normalized spacial score (nSPS) is 16.8. The van der Waals surface area contributed by atoms with Gasteiger partial charge >= 0.3 is 0 Å². The van der Waals surface area contributed by atoms with E-state index in [9.17, 15) is 0 Å². The van der Waals surface area contributed by atoms with E-state index in [0.29, 0.717) is 0 Å². The molecule has 0 bridgehead atoms. The third-order valence-electron chi connectivity index (χ3n) is 4.82. The highest BCUT2D eigenvalue weighted by Crippen LogP contribution is 2.20. The van der Waals surface area contributed by atoms with Crippen LogP contribution < -0.4 is 0 Å². The first-order chi connectivity index (χ1) is 11.7. The Bertz CT molecular complexity index is 592. The summed E-state index contributed by atoms with van der Waals surface area (Å²) in [6.07, 6.45) is 5.73. The van der Waals surface area contributed by atoms with Crippen LogP contribution in [0.5, 0.6) is 0 Å². The van der Waals surface area contributed by atoms with Crippen molar-refractivity contribution in [2.75, 3.05) is 33.2 Å². The van der Waals surface area contributed by atoms with Gasteiger partial charge in [-0.25, -0.2) is 0 Å². The lowest BCUT2D eigenvalue weighted by atomic mass is 9.96. The Labute approximate surface area is 154 Å². The molecule has 0 atom stereocenters. The lowest BCUT2D eigenvalue weighted by Crippen LogP contribution is -2.38. The lowest BCUT2D eigenvalue weighted by Gasteiger charge is -2.33. The molecular formula is C19H26ClN3S. The summed E-state index contributed by atoms with van der Waals surface area (Å²) in [5.41, 5.74) is 3.30. The maximum absolute atomic E-state index is 5.95. The van der Waals surface area contributed by atoms with Crippen molar-refractivity contribution in [3.8, 4) is 0 Å². The van der Waals surface area contributed by atoms with Crippen LogP contribution in [0.15, 0.2) is 36.0 Å². The summed E-state index contributed by atoms with van der Waals surface area (Å²) < 4.78 is 0. The van der Waals surface area contributed by atoms with E-state index in [1.54, 1.807) is 11.3 Å². The zero-order chi connectivity index (χ0) is 16.8. The van der Waals surface area contributed by atoms with Crippen LogP contribution in [0.2, 0.25) is 5.02 Å². The van der Waals surface area contributed by atoms with Gasteiger partial charge in [0.15, 0.2) is 0 Å². The third kappa shape index (κ3) is 5.55. The summed E-state index contributed by atoms with van der Waals surface area (Å²) in [7, 11) is 2.23. The van der Waals surface area contributed by atoms with Gasteiger partial charge in [-0.05, 0) is 63.0 Å². The second-order valence-corrected chi connectivity index (χ2v) is 8.23. The van der Waals surface area contributed by atoms with E-state index in [4.69, 9.17) is 11.6 Å². The summed E-state index contributed by atoms with van der Waals surface area (Å²) in [5, 5.41) is 0.821. The molecule has 3 rings (SSSR count). The fourth-order valence-corrected chi connectivity index (χ4v) is 4.22. The molecule has 1 aliphatic heterocycles. The van der Waals surface area contributed by atoms with Gasteiger partial charge < -0.3 is 9.80 Å². The SMILES string of the molecule is CN(Cc1cncs1)CC1CCN(CCc2ccc(Cl)cc2)CC1. The number of aromatic nitrogens is 1. The van der Waals surface area contributed by atoms with Crippen LogP contribution in [0.4, 0.5) is 0 Å². The molecule has 1 fully saturated rings. The Hall–Kier alpha value is -0.940. The number of thiazole rings is 1. The minimum Gasteiger partial charge on any atom is -0.303 e. The number of halogens is 1. The van der Waals surface area contributed by atoms with Crippen LogP contribution in [-0.2, 0) is 13.0 Å². The molecular weight excluding hydrogens is 338 g/mol. The molecule has 2 aromatic rings. The van der Waals surface area contributed by atoms with Crippen LogP contribution >= 0.6 is 22.9 Å². The van der Waals surface area contributed by atoms with E-state index in [1.807, 2.05) is 23.8 Å². The first kappa shape index (κ1) is 17.9. The average molecular weight is 364 g/mol. The van der Waals surface area contributed by atoms with Gasteiger partial charge in [0.2, 0.25) is 0 Å². The fourth-order valence-electron chi connectivity index (χ4n) is 3.42. The Morgan fingerprint density at radius 3 is 2.67 bits per heavy atom. The molecule has 0 N–H and O–H groups in total. The number of nitrogens with zero attached hydrogens (tertiary/aromatic N) is 3. The Kier molecular flexibility index (Phi) is 6.67. The first-order valence-electron chi connectivity index (χ1n) is 8.72. The van der Waals surface area contributed by atoms with E-state index in [0.717, 1.165) is 30.5 Å². The zero-order valence-corrected chi connectivity index (χ0v) is 15.9. The molecule has 0 spiro atoms. The highest BCUT2D eigenvalue weighted by Gasteiger charge is 2.20. The van der Waals surface area contributed by atoms with Crippen molar-refractivity contribution in [1.29, 1.82) is 0 Å². The molecule has 5 heteroatoms. The van der Waals surface area contributed by atoms with Crippen molar-refractivity contribution in [3.63, 3.8) is 0 Å². The topological polar surface area (TPSA) is 19.4 Å². The standard InChI is InChI=1S/C19H26ClN3S/c1-22(14-19-12-21-15-24-19)13-17-7-10-23(11-8-17)9-6-16-2-4-18(20)5-3-16/h2-5,12,15,17H,6-11,13-14H2,1H3. The number of rotatable bonds is 7. The average Bonchev–Trinajstić information content (AvgIpc) is 3.08. The summed E-state index contributed by atoms with van der Waals surface area (Å²) in [6.45, 7) is 5.84. The smallest absolute Gasteiger partial charge is 0.0794 e.